The van der Waals surface area contributed by atoms with E-state index in [-0.39, 0.29) is 5.91 Å². The number of anilines is 2. The Balaban J connectivity index is 2.08. The minimum atomic E-state index is 0.151. The zero-order chi connectivity index (χ0) is 16.1. The molecule has 1 amide bonds. The zero-order valence-electron chi connectivity index (χ0n) is 14.2. The Bertz CT molecular complexity index is 511. The molecule has 122 valence electrons. The van der Waals surface area contributed by atoms with Crippen LogP contribution in [0.15, 0.2) is 6.07 Å². The van der Waals surface area contributed by atoms with Crippen molar-refractivity contribution >= 4 is 17.5 Å². The molecule has 1 aromatic rings. The molecular weight excluding hydrogens is 278 g/mol. The average Bonchev–Trinajstić information content (AvgIpc) is 2.52. The van der Waals surface area contributed by atoms with E-state index in [0.717, 1.165) is 56.6 Å². The summed E-state index contributed by atoms with van der Waals surface area (Å²) in [6, 6.07) is 2.06. The highest BCUT2D eigenvalue weighted by molar-refractivity contribution is 5.73. The van der Waals surface area contributed by atoms with Gasteiger partial charge in [-0.2, -0.15) is 0 Å². The van der Waals surface area contributed by atoms with Crippen LogP contribution in [0.2, 0.25) is 0 Å². The van der Waals surface area contributed by atoms with Crippen LogP contribution in [-0.4, -0.2) is 60.5 Å². The van der Waals surface area contributed by atoms with Crippen LogP contribution in [-0.2, 0) is 4.79 Å². The first-order chi connectivity index (χ1) is 10.5. The second-order valence-corrected chi connectivity index (χ2v) is 5.90. The quantitative estimate of drug-likeness (QED) is 0.828. The van der Waals surface area contributed by atoms with Gasteiger partial charge in [-0.1, -0.05) is 13.3 Å². The van der Waals surface area contributed by atoms with Crippen molar-refractivity contribution in [3.63, 3.8) is 0 Å². The molecule has 0 aromatic carbocycles. The minimum Gasteiger partial charge on any atom is -0.360 e. The van der Waals surface area contributed by atoms with Gasteiger partial charge in [0.15, 0.2) is 0 Å². The van der Waals surface area contributed by atoms with Crippen LogP contribution in [0.3, 0.4) is 0 Å². The predicted molar refractivity (Wildman–Crippen MR) is 89.4 cm³/mol. The van der Waals surface area contributed by atoms with Gasteiger partial charge in [0.2, 0.25) is 5.91 Å². The molecule has 6 nitrogen and oxygen atoms in total. The predicted octanol–water partition coefficient (Wildman–Crippen LogP) is 1.69. The van der Waals surface area contributed by atoms with Crippen LogP contribution in [0.1, 0.15) is 32.5 Å². The van der Waals surface area contributed by atoms with Gasteiger partial charge in [0.1, 0.15) is 17.5 Å². The van der Waals surface area contributed by atoms with E-state index >= 15 is 0 Å². The number of piperazine rings is 1. The highest BCUT2D eigenvalue weighted by Crippen LogP contribution is 2.20. The molecule has 2 heterocycles. The molecule has 22 heavy (non-hydrogen) atoms. The second-order valence-electron chi connectivity index (χ2n) is 5.90. The summed E-state index contributed by atoms with van der Waals surface area (Å²) in [4.78, 5) is 26.9. The first-order valence-electron chi connectivity index (χ1n) is 8.08. The Labute approximate surface area is 133 Å². The second kappa shape index (κ2) is 7.42. The maximum absolute atomic E-state index is 11.4. The highest BCUT2D eigenvalue weighted by Gasteiger charge is 2.20. The third kappa shape index (κ3) is 4.08. The summed E-state index contributed by atoms with van der Waals surface area (Å²) in [5, 5.41) is 0. The van der Waals surface area contributed by atoms with Crippen molar-refractivity contribution in [2.45, 2.75) is 33.6 Å². The van der Waals surface area contributed by atoms with Gasteiger partial charge < -0.3 is 14.7 Å². The number of amides is 1. The number of nitrogens with zero attached hydrogens (tertiary/aromatic N) is 5. The molecule has 0 radical (unpaired) electrons. The average molecular weight is 305 g/mol. The molecule has 0 N–H and O–H groups in total. The molecule has 0 unspecified atom stereocenters. The monoisotopic (exact) mass is 305 g/mol. The molecule has 6 heteroatoms. The lowest BCUT2D eigenvalue weighted by molar-refractivity contribution is -0.129. The van der Waals surface area contributed by atoms with Crippen LogP contribution in [0, 0.1) is 6.92 Å². The normalized spacial score (nSPS) is 15.1. The first kappa shape index (κ1) is 16.5. The molecule has 0 aliphatic carbocycles. The van der Waals surface area contributed by atoms with Gasteiger partial charge in [0.25, 0.3) is 0 Å². The molecule has 0 bridgehead atoms. The van der Waals surface area contributed by atoms with Crippen molar-refractivity contribution in [1.29, 1.82) is 0 Å². The lowest BCUT2D eigenvalue weighted by Crippen LogP contribution is -2.48. The third-order valence-electron chi connectivity index (χ3n) is 4.10. The Morgan fingerprint density at radius 2 is 1.95 bits per heavy atom. The fraction of sp³-hybridized carbons (Fsp3) is 0.688. The summed E-state index contributed by atoms with van der Waals surface area (Å²) in [6.45, 7) is 9.95. The largest absolute Gasteiger partial charge is 0.360 e. The van der Waals surface area contributed by atoms with Crippen molar-refractivity contribution in [1.82, 2.24) is 14.9 Å². The van der Waals surface area contributed by atoms with Crippen molar-refractivity contribution in [3.8, 4) is 0 Å². The van der Waals surface area contributed by atoms with E-state index in [0.29, 0.717) is 0 Å². The van der Waals surface area contributed by atoms with Crippen LogP contribution >= 0.6 is 0 Å². The number of hydrogen-bond acceptors (Lipinski definition) is 5. The van der Waals surface area contributed by atoms with Gasteiger partial charge >= 0.3 is 0 Å². The van der Waals surface area contributed by atoms with Crippen LogP contribution in [0.5, 0.6) is 0 Å². The fourth-order valence-electron chi connectivity index (χ4n) is 2.65. The lowest BCUT2D eigenvalue weighted by atomic mass is 10.3. The van der Waals surface area contributed by atoms with E-state index in [4.69, 9.17) is 0 Å². The maximum Gasteiger partial charge on any atom is 0.219 e. The van der Waals surface area contributed by atoms with Gasteiger partial charge in [-0.05, 0) is 13.3 Å². The molecule has 2 rings (SSSR count). The van der Waals surface area contributed by atoms with Crippen LogP contribution < -0.4 is 9.80 Å². The summed E-state index contributed by atoms with van der Waals surface area (Å²) in [5.41, 5.74) is 0. The van der Waals surface area contributed by atoms with Crippen molar-refractivity contribution in [2.75, 3.05) is 49.6 Å². The van der Waals surface area contributed by atoms with Gasteiger partial charge in [0.05, 0.1) is 0 Å². The van der Waals surface area contributed by atoms with Crippen molar-refractivity contribution in [3.05, 3.63) is 11.9 Å². The molecular formula is C16H27N5O. The van der Waals surface area contributed by atoms with E-state index in [1.807, 2.05) is 11.8 Å². The summed E-state index contributed by atoms with van der Waals surface area (Å²) in [5.74, 6) is 2.89. The summed E-state index contributed by atoms with van der Waals surface area (Å²) in [7, 11) is 2.08. The molecule has 0 saturated carbocycles. The summed E-state index contributed by atoms with van der Waals surface area (Å²) in [6.07, 6.45) is 2.33. The molecule has 1 saturated heterocycles. The van der Waals surface area contributed by atoms with Gasteiger partial charge in [-0.25, -0.2) is 9.97 Å². The number of unbranched alkanes of at least 4 members (excludes halogenated alkanes) is 1. The first-order valence-corrected chi connectivity index (χ1v) is 8.08. The van der Waals surface area contributed by atoms with Crippen molar-refractivity contribution in [2.24, 2.45) is 0 Å². The van der Waals surface area contributed by atoms with E-state index in [2.05, 4.69) is 39.8 Å². The number of rotatable bonds is 5. The van der Waals surface area contributed by atoms with Crippen LogP contribution in [0.4, 0.5) is 11.6 Å². The SMILES string of the molecule is CCCCN(C)c1cc(N2CCN(C(C)=O)CC2)nc(C)n1. The highest BCUT2D eigenvalue weighted by atomic mass is 16.2. The Hall–Kier alpha value is -1.85. The number of aromatic nitrogens is 2. The van der Waals surface area contributed by atoms with E-state index in [1.54, 1.807) is 6.92 Å². The molecule has 1 fully saturated rings. The van der Waals surface area contributed by atoms with Gasteiger partial charge in [-0.3, -0.25) is 4.79 Å². The van der Waals surface area contributed by atoms with Gasteiger partial charge in [0, 0.05) is 52.8 Å². The van der Waals surface area contributed by atoms with E-state index in [1.165, 1.54) is 6.42 Å². The molecule has 0 spiro atoms. The summed E-state index contributed by atoms with van der Waals surface area (Å²) >= 11 is 0. The third-order valence-corrected chi connectivity index (χ3v) is 4.10. The Morgan fingerprint density at radius 3 is 2.55 bits per heavy atom. The number of hydrogen-bond donors (Lipinski definition) is 0. The molecule has 0 atom stereocenters. The van der Waals surface area contributed by atoms with Crippen molar-refractivity contribution < 1.29 is 4.79 Å². The fourth-order valence-corrected chi connectivity index (χ4v) is 2.65. The Kier molecular flexibility index (Phi) is 5.57. The lowest BCUT2D eigenvalue weighted by Gasteiger charge is -2.35. The molecule has 1 aliphatic rings. The maximum atomic E-state index is 11.4. The number of aryl methyl sites for hydroxylation is 1. The topological polar surface area (TPSA) is 52.6 Å². The minimum absolute atomic E-state index is 0.151. The molecule has 1 aromatic heterocycles. The number of carbonyl (C=O) groups is 1. The molecule has 1 aliphatic heterocycles. The smallest absolute Gasteiger partial charge is 0.219 e. The number of carbonyl (C=O) groups excluding carboxylic acids is 1. The van der Waals surface area contributed by atoms with Crippen LogP contribution in [0.25, 0.3) is 0 Å². The summed E-state index contributed by atoms with van der Waals surface area (Å²) < 4.78 is 0. The standard InChI is InChI=1S/C16H27N5O/c1-5-6-7-19(4)15-12-16(18-13(2)17-15)21-10-8-20(9-11-21)14(3)22/h12H,5-11H2,1-4H3. The van der Waals surface area contributed by atoms with E-state index < -0.39 is 0 Å². The van der Waals surface area contributed by atoms with Gasteiger partial charge in [-0.15, -0.1) is 0 Å². The Morgan fingerprint density at radius 1 is 1.27 bits per heavy atom. The van der Waals surface area contributed by atoms with E-state index in [9.17, 15) is 4.79 Å². The zero-order valence-corrected chi connectivity index (χ0v) is 14.2.